The highest BCUT2D eigenvalue weighted by Crippen LogP contribution is 2.15. The Bertz CT molecular complexity index is 456. The monoisotopic (exact) mass is 249 g/mol. The summed E-state index contributed by atoms with van der Waals surface area (Å²) >= 11 is 0. The van der Waals surface area contributed by atoms with Crippen molar-refractivity contribution >= 4 is 17.5 Å². The van der Waals surface area contributed by atoms with Gasteiger partial charge in [0.15, 0.2) is 0 Å². The van der Waals surface area contributed by atoms with Crippen molar-refractivity contribution in [1.82, 2.24) is 5.32 Å². The van der Waals surface area contributed by atoms with Gasteiger partial charge < -0.3 is 16.4 Å². The molecule has 0 radical (unpaired) electrons. The van der Waals surface area contributed by atoms with Crippen LogP contribution in [0.25, 0.3) is 0 Å². The average Bonchev–Trinajstić information content (AvgIpc) is 2.27. The Balaban J connectivity index is 2.85. The fourth-order valence-corrected chi connectivity index (χ4v) is 1.55. The smallest absolute Gasteiger partial charge is 0.251 e. The zero-order valence-corrected chi connectivity index (χ0v) is 10.9. The summed E-state index contributed by atoms with van der Waals surface area (Å²) in [5, 5.41) is 5.47. The van der Waals surface area contributed by atoms with E-state index >= 15 is 0 Å². The van der Waals surface area contributed by atoms with Crippen LogP contribution in [-0.2, 0) is 4.79 Å². The van der Waals surface area contributed by atoms with Crippen LogP contribution in [-0.4, -0.2) is 24.4 Å². The first-order chi connectivity index (χ1) is 8.43. The molecular formula is C13H19N3O2. The van der Waals surface area contributed by atoms with E-state index < -0.39 is 0 Å². The van der Waals surface area contributed by atoms with Gasteiger partial charge in [-0.2, -0.15) is 0 Å². The van der Waals surface area contributed by atoms with Crippen LogP contribution < -0.4 is 16.4 Å². The number of hydrogen-bond donors (Lipinski definition) is 3. The summed E-state index contributed by atoms with van der Waals surface area (Å²) in [6.45, 7) is 5.58. The highest BCUT2D eigenvalue weighted by atomic mass is 16.2. The van der Waals surface area contributed by atoms with Crippen molar-refractivity contribution in [2.75, 3.05) is 11.9 Å². The summed E-state index contributed by atoms with van der Waals surface area (Å²) in [6, 6.07) is 5.23. The molecule has 0 spiro atoms. The van der Waals surface area contributed by atoms with Crippen LogP contribution >= 0.6 is 0 Å². The van der Waals surface area contributed by atoms with Gasteiger partial charge in [0.2, 0.25) is 5.91 Å². The van der Waals surface area contributed by atoms with E-state index in [0.717, 1.165) is 5.56 Å². The number of rotatable bonds is 4. The summed E-state index contributed by atoms with van der Waals surface area (Å²) in [5.41, 5.74) is 7.27. The summed E-state index contributed by atoms with van der Waals surface area (Å²) in [6.07, 6.45) is 0. The molecule has 0 atom stereocenters. The molecule has 18 heavy (non-hydrogen) atoms. The highest BCUT2D eigenvalue weighted by Gasteiger charge is 2.10. The molecule has 5 nitrogen and oxygen atoms in total. The Morgan fingerprint density at radius 2 is 2.00 bits per heavy atom. The van der Waals surface area contributed by atoms with Crippen LogP contribution in [0, 0.1) is 6.92 Å². The van der Waals surface area contributed by atoms with Gasteiger partial charge in [-0.15, -0.1) is 0 Å². The lowest BCUT2D eigenvalue weighted by molar-refractivity contribution is -0.114. The van der Waals surface area contributed by atoms with E-state index in [0.29, 0.717) is 11.3 Å². The van der Waals surface area contributed by atoms with E-state index in [1.807, 2.05) is 20.8 Å². The number of nitrogens with one attached hydrogen (secondary N) is 2. The van der Waals surface area contributed by atoms with Crippen LogP contribution in [0.15, 0.2) is 18.2 Å². The maximum atomic E-state index is 11.8. The molecule has 4 N–H and O–H groups in total. The van der Waals surface area contributed by atoms with Crippen molar-refractivity contribution in [3.63, 3.8) is 0 Å². The molecule has 2 amide bonds. The van der Waals surface area contributed by atoms with Crippen molar-refractivity contribution < 1.29 is 9.59 Å². The number of benzene rings is 1. The first kappa shape index (κ1) is 14.2. The minimum Gasteiger partial charge on any atom is -0.350 e. The Morgan fingerprint density at radius 1 is 1.33 bits per heavy atom. The molecule has 0 aliphatic rings. The topological polar surface area (TPSA) is 84.2 Å². The number of amides is 2. The molecule has 0 aromatic heterocycles. The molecule has 5 heteroatoms. The van der Waals surface area contributed by atoms with E-state index in [9.17, 15) is 9.59 Å². The summed E-state index contributed by atoms with van der Waals surface area (Å²) in [7, 11) is 0. The van der Waals surface area contributed by atoms with Gasteiger partial charge in [-0.1, -0.05) is 0 Å². The van der Waals surface area contributed by atoms with Crippen LogP contribution in [0.2, 0.25) is 0 Å². The minimum absolute atomic E-state index is 0.0609. The lowest BCUT2D eigenvalue weighted by Crippen LogP contribution is -2.30. The fourth-order valence-electron chi connectivity index (χ4n) is 1.55. The summed E-state index contributed by atoms with van der Waals surface area (Å²) in [5.74, 6) is -0.368. The van der Waals surface area contributed by atoms with Gasteiger partial charge in [0, 0.05) is 17.3 Å². The van der Waals surface area contributed by atoms with Gasteiger partial charge in [-0.05, 0) is 44.5 Å². The minimum atomic E-state index is -0.256. The molecule has 0 aliphatic heterocycles. The van der Waals surface area contributed by atoms with Crippen LogP contribution in [0.4, 0.5) is 5.69 Å². The predicted octanol–water partition coefficient (Wildman–Crippen LogP) is 1.03. The van der Waals surface area contributed by atoms with Crippen LogP contribution in [0.5, 0.6) is 0 Å². The van der Waals surface area contributed by atoms with E-state index in [1.165, 1.54) is 0 Å². The van der Waals surface area contributed by atoms with Crippen LogP contribution in [0.1, 0.15) is 29.8 Å². The largest absolute Gasteiger partial charge is 0.350 e. The van der Waals surface area contributed by atoms with Crippen molar-refractivity contribution in [1.29, 1.82) is 0 Å². The summed E-state index contributed by atoms with van der Waals surface area (Å²) in [4.78, 5) is 23.0. The molecule has 0 heterocycles. The second kappa shape index (κ2) is 6.16. The molecule has 0 saturated carbocycles. The molecule has 0 fully saturated rings. The SMILES string of the molecule is Cc1cc(NC(=O)CN)ccc1C(=O)NC(C)C. The van der Waals surface area contributed by atoms with Crippen molar-refractivity contribution in [2.45, 2.75) is 26.8 Å². The van der Waals surface area contributed by atoms with Gasteiger partial charge in [0.05, 0.1) is 6.54 Å². The van der Waals surface area contributed by atoms with E-state index in [2.05, 4.69) is 10.6 Å². The molecule has 1 aromatic rings. The molecule has 1 rings (SSSR count). The third-order valence-electron chi connectivity index (χ3n) is 2.36. The Labute approximate surface area is 107 Å². The highest BCUT2D eigenvalue weighted by molar-refractivity contribution is 5.97. The first-order valence-electron chi connectivity index (χ1n) is 5.85. The summed E-state index contributed by atoms with van der Waals surface area (Å²) < 4.78 is 0. The van der Waals surface area contributed by atoms with E-state index in [1.54, 1.807) is 18.2 Å². The molecule has 0 unspecified atom stereocenters. The van der Waals surface area contributed by atoms with E-state index in [4.69, 9.17) is 5.73 Å². The maximum Gasteiger partial charge on any atom is 0.251 e. The number of aryl methyl sites for hydroxylation is 1. The molecule has 1 aromatic carbocycles. The number of nitrogens with two attached hydrogens (primary N) is 1. The lowest BCUT2D eigenvalue weighted by atomic mass is 10.1. The van der Waals surface area contributed by atoms with Gasteiger partial charge in [0.1, 0.15) is 0 Å². The predicted molar refractivity (Wildman–Crippen MR) is 71.5 cm³/mol. The Hall–Kier alpha value is -1.88. The number of carbonyl (C=O) groups is 2. The molecule has 0 aliphatic carbocycles. The third kappa shape index (κ3) is 3.85. The van der Waals surface area contributed by atoms with Crippen molar-refractivity contribution in [3.8, 4) is 0 Å². The lowest BCUT2D eigenvalue weighted by Gasteiger charge is -2.12. The van der Waals surface area contributed by atoms with Crippen molar-refractivity contribution in [2.24, 2.45) is 5.73 Å². The zero-order valence-electron chi connectivity index (χ0n) is 10.9. The van der Waals surface area contributed by atoms with E-state index in [-0.39, 0.29) is 24.4 Å². The second-order valence-electron chi connectivity index (χ2n) is 4.41. The first-order valence-corrected chi connectivity index (χ1v) is 5.85. The number of carbonyl (C=O) groups excluding carboxylic acids is 2. The maximum absolute atomic E-state index is 11.8. The Morgan fingerprint density at radius 3 is 2.50 bits per heavy atom. The second-order valence-corrected chi connectivity index (χ2v) is 4.41. The van der Waals surface area contributed by atoms with Crippen molar-refractivity contribution in [3.05, 3.63) is 29.3 Å². The molecule has 0 bridgehead atoms. The molecule has 98 valence electrons. The fraction of sp³-hybridized carbons (Fsp3) is 0.385. The van der Waals surface area contributed by atoms with Gasteiger partial charge >= 0.3 is 0 Å². The number of hydrogen-bond acceptors (Lipinski definition) is 3. The van der Waals surface area contributed by atoms with Gasteiger partial charge in [-0.3, -0.25) is 9.59 Å². The Kier molecular flexibility index (Phi) is 4.85. The molecular weight excluding hydrogens is 230 g/mol. The third-order valence-corrected chi connectivity index (χ3v) is 2.36. The normalized spacial score (nSPS) is 10.3. The molecule has 0 saturated heterocycles. The van der Waals surface area contributed by atoms with Crippen LogP contribution in [0.3, 0.4) is 0 Å². The average molecular weight is 249 g/mol. The van der Waals surface area contributed by atoms with Gasteiger partial charge in [-0.25, -0.2) is 0 Å². The zero-order chi connectivity index (χ0) is 13.7. The standard InChI is InChI=1S/C13H19N3O2/c1-8(2)15-13(18)11-5-4-10(6-9(11)3)16-12(17)7-14/h4-6,8H,7,14H2,1-3H3,(H,15,18)(H,16,17). The number of anilines is 1. The quantitative estimate of drug-likeness (QED) is 0.745. The van der Waals surface area contributed by atoms with Gasteiger partial charge in [0.25, 0.3) is 5.91 Å².